The van der Waals surface area contributed by atoms with E-state index in [1.807, 2.05) is 6.92 Å². The number of nitrogens with two attached hydrogens (primary N) is 1. The van der Waals surface area contributed by atoms with Crippen molar-refractivity contribution in [1.82, 2.24) is 0 Å². The molecule has 4 heteroatoms. The maximum Gasteiger partial charge on any atom is 0.307 e. The van der Waals surface area contributed by atoms with E-state index in [0.717, 1.165) is 6.42 Å². The van der Waals surface area contributed by atoms with Gasteiger partial charge in [-0.2, -0.15) is 0 Å². The minimum absolute atomic E-state index is 0.164. The lowest BCUT2D eigenvalue weighted by Crippen LogP contribution is -2.23. The summed E-state index contributed by atoms with van der Waals surface area (Å²) < 4.78 is 11.9. The molecule has 0 aromatic carbocycles. The van der Waals surface area contributed by atoms with Crippen molar-refractivity contribution in [2.75, 3.05) is 13.2 Å². The van der Waals surface area contributed by atoms with E-state index in [2.05, 4.69) is 0 Å². The monoisotopic (exact) mass is 191 g/mol. The van der Waals surface area contributed by atoms with Crippen LogP contribution in [-0.4, -0.2) is 24.3 Å². The van der Waals surface area contributed by atoms with E-state index in [-0.39, 0.29) is 19.1 Å². The van der Waals surface area contributed by atoms with Crippen molar-refractivity contribution in [3.63, 3.8) is 0 Å². The average Bonchev–Trinajstić information content (AvgIpc) is 2.05. The quantitative estimate of drug-likeness (QED) is 0.639. The summed E-state index contributed by atoms with van der Waals surface area (Å²) in [5.74, 6) is -1.07. The second-order valence-corrected chi connectivity index (χ2v) is 3.43. The molecule has 0 fully saturated rings. The Balaban J connectivity index is 3.65. The van der Waals surface area contributed by atoms with Crippen LogP contribution in [-0.2, 0) is 4.79 Å². The Bertz CT molecular complexity index is 153. The number of halogens is 1. The largest absolute Gasteiger partial charge is 0.481 e. The fraction of sp³-hybridized carbons (Fsp3) is 0.889. The van der Waals surface area contributed by atoms with Crippen molar-refractivity contribution in [1.29, 1.82) is 0 Å². The third-order valence-electron chi connectivity index (χ3n) is 2.24. The Labute approximate surface area is 78.1 Å². The Morgan fingerprint density at radius 2 is 2.08 bits per heavy atom. The molecule has 0 radical (unpaired) electrons. The van der Waals surface area contributed by atoms with Gasteiger partial charge in [-0.1, -0.05) is 6.92 Å². The van der Waals surface area contributed by atoms with Crippen molar-refractivity contribution in [3.8, 4) is 0 Å². The van der Waals surface area contributed by atoms with E-state index in [4.69, 9.17) is 10.8 Å². The van der Waals surface area contributed by atoms with Crippen LogP contribution in [0.15, 0.2) is 0 Å². The highest BCUT2D eigenvalue weighted by atomic mass is 19.1. The van der Waals surface area contributed by atoms with Crippen LogP contribution >= 0.6 is 0 Å². The SMILES string of the molecule is CC(CCF)CCC(CN)C(=O)O. The number of alkyl halides is 1. The molecule has 78 valence electrons. The summed E-state index contributed by atoms with van der Waals surface area (Å²) in [5, 5.41) is 8.66. The number of aliphatic carboxylic acids is 1. The number of carboxylic acids is 1. The number of carbonyl (C=O) groups is 1. The predicted molar refractivity (Wildman–Crippen MR) is 49.2 cm³/mol. The molecule has 2 atom stereocenters. The van der Waals surface area contributed by atoms with Gasteiger partial charge in [0.2, 0.25) is 0 Å². The van der Waals surface area contributed by atoms with Gasteiger partial charge in [0.1, 0.15) is 0 Å². The lowest BCUT2D eigenvalue weighted by atomic mass is 9.95. The van der Waals surface area contributed by atoms with Crippen molar-refractivity contribution in [3.05, 3.63) is 0 Å². The summed E-state index contributed by atoms with van der Waals surface area (Å²) in [6, 6.07) is 0. The van der Waals surface area contributed by atoms with Gasteiger partial charge < -0.3 is 10.8 Å². The smallest absolute Gasteiger partial charge is 0.307 e. The van der Waals surface area contributed by atoms with Crippen LogP contribution < -0.4 is 5.73 Å². The highest BCUT2D eigenvalue weighted by Crippen LogP contribution is 2.15. The van der Waals surface area contributed by atoms with Crippen LogP contribution in [0.2, 0.25) is 0 Å². The highest BCUT2D eigenvalue weighted by Gasteiger charge is 2.16. The standard InChI is InChI=1S/C9H18FNO2/c1-7(4-5-10)2-3-8(6-11)9(12)13/h7-8H,2-6,11H2,1H3,(H,12,13). The summed E-state index contributed by atoms with van der Waals surface area (Å²) >= 11 is 0. The van der Waals surface area contributed by atoms with E-state index < -0.39 is 11.9 Å². The zero-order chi connectivity index (χ0) is 10.3. The molecule has 0 aliphatic rings. The maximum absolute atomic E-state index is 11.9. The molecule has 0 rings (SSSR count). The van der Waals surface area contributed by atoms with E-state index >= 15 is 0 Å². The molecule has 0 aromatic rings. The van der Waals surface area contributed by atoms with Crippen molar-refractivity contribution < 1.29 is 14.3 Å². The molecule has 2 unspecified atom stereocenters. The van der Waals surface area contributed by atoms with Crippen molar-refractivity contribution >= 4 is 5.97 Å². The van der Waals surface area contributed by atoms with Crippen LogP contribution in [0, 0.1) is 11.8 Å². The molecule has 0 spiro atoms. The molecule has 0 saturated carbocycles. The van der Waals surface area contributed by atoms with Crippen LogP contribution in [0.25, 0.3) is 0 Å². The second-order valence-electron chi connectivity index (χ2n) is 3.43. The molecule has 0 heterocycles. The van der Waals surface area contributed by atoms with Crippen molar-refractivity contribution in [2.45, 2.75) is 26.2 Å². The fourth-order valence-electron chi connectivity index (χ4n) is 1.16. The first-order valence-electron chi connectivity index (χ1n) is 4.60. The minimum atomic E-state index is -0.852. The minimum Gasteiger partial charge on any atom is -0.481 e. The lowest BCUT2D eigenvalue weighted by molar-refractivity contribution is -0.141. The van der Waals surface area contributed by atoms with Gasteiger partial charge >= 0.3 is 5.97 Å². The third-order valence-corrected chi connectivity index (χ3v) is 2.24. The van der Waals surface area contributed by atoms with Gasteiger partial charge in [-0.05, 0) is 25.2 Å². The van der Waals surface area contributed by atoms with Gasteiger partial charge in [-0.15, -0.1) is 0 Å². The molecule has 13 heavy (non-hydrogen) atoms. The molecule has 0 saturated heterocycles. The number of hydrogen-bond acceptors (Lipinski definition) is 2. The Morgan fingerprint density at radius 3 is 2.46 bits per heavy atom. The van der Waals surface area contributed by atoms with E-state index in [1.54, 1.807) is 0 Å². The van der Waals surface area contributed by atoms with Gasteiger partial charge in [0.15, 0.2) is 0 Å². The molecular weight excluding hydrogens is 173 g/mol. The van der Waals surface area contributed by atoms with Gasteiger partial charge in [-0.25, -0.2) is 0 Å². The Hall–Kier alpha value is -0.640. The molecule has 3 N–H and O–H groups in total. The molecule has 0 aliphatic carbocycles. The van der Waals surface area contributed by atoms with Crippen LogP contribution in [0.4, 0.5) is 4.39 Å². The Kier molecular flexibility index (Phi) is 6.49. The number of carboxylic acid groups (broad SMARTS) is 1. The van der Waals surface area contributed by atoms with Gasteiger partial charge in [-0.3, -0.25) is 9.18 Å². The van der Waals surface area contributed by atoms with E-state index in [0.29, 0.717) is 12.8 Å². The third kappa shape index (κ3) is 5.58. The second kappa shape index (κ2) is 6.83. The van der Waals surface area contributed by atoms with Gasteiger partial charge in [0.05, 0.1) is 12.6 Å². The Morgan fingerprint density at radius 1 is 1.46 bits per heavy atom. The van der Waals surface area contributed by atoms with Crippen LogP contribution in [0.1, 0.15) is 26.2 Å². The first kappa shape index (κ1) is 12.4. The van der Waals surface area contributed by atoms with E-state index in [9.17, 15) is 9.18 Å². The highest BCUT2D eigenvalue weighted by molar-refractivity contribution is 5.70. The molecule has 0 aliphatic heterocycles. The number of rotatable bonds is 7. The first-order chi connectivity index (χ1) is 6.11. The lowest BCUT2D eigenvalue weighted by Gasteiger charge is -2.12. The fourth-order valence-corrected chi connectivity index (χ4v) is 1.16. The molecular formula is C9H18FNO2. The molecule has 0 bridgehead atoms. The summed E-state index contributed by atoms with van der Waals surface area (Å²) in [4.78, 5) is 10.5. The zero-order valence-electron chi connectivity index (χ0n) is 8.00. The zero-order valence-corrected chi connectivity index (χ0v) is 8.00. The van der Waals surface area contributed by atoms with E-state index in [1.165, 1.54) is 0 Å². The molecule has 3 nitrogen and oxygen atoms in total. The van der Waals surface area contributed by atoms with Gasteiger partial charge in [0.25, 0.3) is 0 Å². The van der Waals surface area contributed by atoms with Crippen LogP contribution in [0.5, 0.6) is 0 Å². The van der Waals surface area contributed by atoms with Crippen LogP contribution in [0.3, 0.4) is 0 Å². The van der Waals surface area contributed by atoms with Crippen molar-refractivity contribution in [2.24, 2.45) is 17.6 Å². The van der Waals surface area contributed by atoms with Gasteiger partial charge in [0, 0.05) is 6.54 Å². The predicted octanol–water partition coefficient (Wildman–Crippen LogP) is 1.42. The molecule has 0 amide bonds. The maximum atomic E-state index is 11.9. The summed E-state index contributed by atoms with van der Waals surface area (Å²) in [7, 11) is 0. The molecule has 0 aromatic heterocycles. The summed E-state index contributed by atoms with van der Waals surface area (Å²) in [6.07, 6.45) is 1.79. The summed E-state index contributed by atoms with van der Waals surface area (Å²) in [6.45, 7) is 1.76. The normalized spacial score (nSPS) is 15.3. The number of hydrogen-bond donors (Lipinski definition) is 2. The first-order valence-corrected chi connectivity index (χ1v) is 4.60. The topological polar surface area (TPSA) is 63.3 Å². The average molecular weight is 191 g/mol. The summed E-state index contributed by atoms with van der Waals surface area (Å²) in [5.41, 5.74) is 5.28.